The normalized spacial score (nSPS) is 20.4. The highest BCUT2D eigenvalue weighted by molar-refractivity contribution is 5.50. The summed E-state index contributed by atoms with van der Waals surface area (Å²) in [5, 5.41) is 0. The number of nitrogens with zero attached hydrogens (tertiary/aromatic N) is 1. The van der Waals surface area contributed by atoms with Gasteiger partial charge in [-0.3, -0.25) is 4.90 Å². The Balaban J connectivity index is 1.93. The molecule has 1 atom stereocenters. The van der Waals surface area contributed by atoms with Crippen LogP contribution in [0.5, 0.6) is 5.75 Å². The zero-order chi connectivity index (χ0) is 14.4. The molecule has 2 nitrogen and oxygen atoms in total. The summed E-state index contributed by atoms with van der Waals surface area (Å²) in [6, 6.07) is 13.9. The van der Waals surface area contributed by atoms with Gasteiger partial charge in [0, 0.05) is 12.6 Å². The summed E-state index contributed by atoms with van der Waals surface area (Å²) in [7, 11) is 4.03. The average molecular weight is 279 g/mol. The topological polar surface area (TPSA) is 12.5 Å². The van der Waals surface area contributed by atoms with Crippen LogP contribution < -0.4 is 4.74 Å². The molecule has 1 heterocycles. The fraction of sp³-hybridized carbons (Fsp3) is 0.368. The van der Waals surface area contributed by atoms with E-state index < -0.39 is 0 Å². The molecule has 2 aromatic rings. The highest BCUT2D eigenvalue weighted by Gasteiger charge is 2.30. The molecule has 0 radical (unpaired) electrons. The summed E-state index contributed by atoms with van der Waals surface area (Å²) >= 11 is 0. The summed E-state index contributed by atoms with van der Waals surface area (Å²) < 4.78 is 5.52. The number of likely N-dealkylation sites (N-methyl/N-ethyl adjacent to an activating group) is 1. The van der Waals surface area contributed by atoms with Crippen molar-refractivity contribution in [3.8, 4) is 5.75 Å². The lowest BCUT2D eigenvalue weighted by Crippen LogP contribution is -2.33. The van der Waals surface area contributed by atoms with Gasteiger partial charge in [-0.2, -0.15) is 0 Å². The molecule has 0 spiro atoms. The Morgan fingerprint density at radius 1 is 1.05 bits per heavy atom. The Labute approximate surface area is 126 Å². The average Bonchev–Trinajstić information content (AvgIpc) is 2.68. The van der Waals surface area contributed by atoms with Crippen molar-refractivity contribution in [3.05, 3.63) is 64.2 Å². The van der Waals surface area contributed by atoms with Crippen LogP contribution in [0.2, 0.25) is 0 Å². The van der Waals surface area contributed by atoms with Gasteiger partial charge in [0.05, 0.1) is 7.11 Å². The fourth-order valence-electron chi connectivity index (χ4n) is 3.92. The van der Waals surface area contributed by atoms with Crippen molar-refractivity contribution in [2.24, 2.45) is 0 Å². The first-order valence-electron chi connectivity index (χ1n) is 7.73. The third-order valence-corrected chi connectivity index (χ3v) is 5.07. The van der Waals surface area contributed by atoms with Crippen LogP contribution in [0.1, 0.15) is 33.9 Å². The summed E-state index contributed by atoms with van der Waals surface area (Å²) in [6.45, 7) is 1.13. The Morgan fingerprint density at radius 3 is 2.62 bits per heavy atom. The maximum Gasteiger partial charge on any atom is 0.119 e. The van der Waals surface area contributed by atoms with Gasteiger partial charge in [0.15, 0.2) is 0 Å². The van der Waals surface area contributed by atoms with E-state index in [-0.39, 0.29) is 0 Å². The summed E-state index contributed by atoms with van der Waals surface area (Å²) in [5.41, 5.74) is 7.46. The lowest BCUT2D eigenvalue weighted by atomic mass is 9.87. The summed E-state index contributed by atoms with van der Waals surface area (Å²) in [6.07, 6.45) is 3.28. The van der Waals surface area contributed by atoms with Gasteiger partial charge >= 0.3 is 0 Å². The van der Waals surface area contributed by atoms with Crippen LogP contribution in [0.3, 0.4) is 0 Å². The van der Waals surface area contributed by atoms with Crippen molar-refractivity contribution in [3.63, 3.8) is 0 Å². The zero-order valence-electron chi connectivity index (χ0n) is 12.7. The molecule has 0 amide bonds. The van der Waals surface area contributed by atoms with Gasteiger partial charge in [-0.05, 0) is 66.3 Å². The Morgan fingerprint density at radius 2 is 1.81 bits per heavy atom. The molecule has 0 aromatic heterocycles. The third-order valence-electron chi connectivity index (χ3n) is 5.07. The molecule has 108 valence electrons. The van der Waals surface area contributed by atoms with Gasteiger partial charge < -0.3 is 4.74 Å². The van der Waals surface area contributed by atoms with E-state index in [2.05, 4.69) is 48.3 Å². The van der Waals surface area contributed by atoms with Crippen LogP contribution in [-0.2, 0) is 19.3 Å². The second kappa shape index (κ2) is 4.88. The van der Waals surface area contributed by atoms with Gasteiger partial charge in [0.1, 0.15) is 5.75 Å². The molecule has 2 aromatic carbocycles. The first-order chi connectivity index (χ1) is 10.3. The minimum absolute atomic E-state index is 0.512. The van der Waals surface area contributed by atoms with Crippen molar-refractivity contribution in [1.29, 1.82) is 0 Å². The zero-order valence-corrected chi connectivity index (χ0v) is 12.7. The number of benzene rings is 2. The smallest absolute Gasteiger partial charge is 0.119 e. The molecule has 2 aliphatic rings. The second-order valence-electron chi connectivity index (χ2n) is 6.26. The summed E-state index contributed by atoms with van der Waals surface area (Å²) in [4.78, 5) is 2.51. The van der Waals surface area contributed by atoms with E-state index in [9.17, 15) is 0 Å². The molecule has 0 N–H and O–H groups in total. The van der Waals surface area contributed by atoms with Crippen LogP contribution in [0, 0.1) is 0 Å². The van der Waals surface area contributed by atoms with Crippen LogP contribution in [0.4, 0.5) is 0 Å². The highest BCUT2D eigenvalue weighted by atomic mass is 16.5. The molecular formula is C19H21NO. The Bertz CT molecular complexity index is 692. The van der Waals surface area contributed by atoms with Gasteiger partial charge in [-0.25, -0.2) is 0 Å². The number of hydrogen-bond acceptors (Lipinski definition) is 2. The van der Waals surface area contributed by atoms with E-state index in [4.69, 9.17) is 4.74 Å². The Kier molecular flexibility index (Phi) is 3.00. The van der Waals surface area contributed by atoms with E-state index in [1.165, 1.54) is 22.3 Å². The summed E-state index contributed by atoms with van der Waals surface area (Å²) in [5.74, 6) is 1.01. The molecule has 1 unspecified atom stereocenters. The van der Waals surface area contributed by atoms with E-state index in [0.29, 0.717) is 6.04 Å². The van der Waals surface area contributed by atoms with Crippen LogP contribution in [0.15, 0.2) is 36.4 Å². The molecule has 2 heteroatoms. The lowest BCUT2D eigenvalue weighted by Gasteiger charge is -2.35. The SMILES string of the molecule is COc1cc2c3c(c1)Cc1ccccc1CC3N(C)CC2. The number of hydrogen-bond donors (Lipinski definition) is 0. The minimum atomic E-state index is 0.512. The number of rotatable bonds is 1. The predicted molar refractivity (Wildman–Crippen MR) is 85.0 cm³/mol. The number of fused-ring (bicyclic) bond motifs is 1. The molecule has 21 heavy (non-hydrogen) atoms. The second-order valence-corrected chi connectivity index (χ2v) is 6.26. The molecule has 1 aliphatic heterocycles. The number of methoxy groups -OCH3 is 1. The molecule has 0 bridgehead atoms. The Hall–Kier alpha value is -1.80. The third kappa shape index (κ3) is 2.06. The quantitative estimate of drug-likeness (QED) is 0.793. The number of ether oxygens (including phenoxy) is 1. The van der Waals surface area contributed by atoms with Crippen molar-refractivity contribution >= 4 is 0 Å². The first-order valence-corrected chi connectivity index (χ1v) is 7.73. The predicted octanol–water partition coefficient (Wildman–Crippen LogP) is 3.37. The molecule has 1 aliphatic carbocycles. The molecule has 0 saturated heterocycles. The first kappa shape index (κ1) is 12.9. The van der Waals surface area contributed by atoms with Gasteiger partial charge in [-0.1, -0.05) is 24.3 Å². The van der Waals surface area contributed by atoms with Crippen molar-refractivity contribution in [1.82, 2.24) is 4.90 Å². The van der Waals surface area contributed by atoms with Crippen LogP contribution >= 0.6 is 0 Å². The van der Waals surface area contributed by atoms with Gasteiger partial charge in [-0.15, -0.1) is 0 Å². The molecular weight excluding hydrogens is 258 g/mol. The van der Waals surface area contributed by atoms with E-state index in [1.54, 1.807) is 12.7 Å². The van der Waals surface area contributed by atoms with E-state index >= 15 is 0 Å². The van der Waals surface area contributed by atoms with Crippen molar-refractivity contribution in [2.45, 2.75) is 25.3 Å². The van der Waals surface area contributed by atoms with Crippen LogP contribution in [-0.4, -0.2) is 25.6 Å². The fourth-order valence-corrected chi connectivity index (χ4v) is 3.92. The molecule has 0 saturated carbocycles. The minimum Gasteiger partial charge on any atom is -0.497 e. The van der Waals surface area contributed by atoms with E-state index in [0.717, 1.165) is 31.6 Å². The van der Waals surface area contributed by atoms with Gasteiger partial charge in [0.25, 0.3) is 0 Å². The standard InChI is InChI=1S/C19H21NO/c1-20-8-7-15-10-17(21-2)11-16-9-13-5-3-4-6-14(13)12-18(20)19(15)16/h3-6,10-11,18H,7-9,12H2,1-2H3. The molecule has 0 fully saturated rings. The monoisotopic (exact) mass is 279 g/mol. The van der Waals surface area contributed by atoms with Crippen molar-refractivity contribution < 1.29 is 4.74 Å². The molecule has 4 rings (SSSR count). The lowest BCUT2D eigenvalue weighted by molar-refractivity contribution is 0.229. The largest absolute Gasteiger partial charge is 0.497 e. The van der Waals surface area contributed by atoms with Crippen LogP contribution in [0.25, 0.3) is 0 Å². The maximum atomic E-state index is 5.52. The van der Waals surface area contributed by atoms with Crippen molar-refractivity contribution in [2.75, 3.05) is 20.7 Å². The van der Waals surface area contributed by atoms with E-state index in [1.807, 2.05) is 0 Å². The maximum absolute atomic E-state index is 5.52. The van der Waals surface area contributed by atoms with Gasteiger partial charge in [0.2, 0.25) is 0 Å². The highest BCUT2D eigenvalue weighted by Crippen LogP contribution is 2.40.